The molecule has 1 aromatic carbocycles. The summed E-state index contributed by atoms with van der Waals surface area (Å²) in [5.41, 5.74) is 5.45. The largest absolute Gasteiger partial charge is 0.329 e. The zero-order valence-corrected chi connectivity index (χ0v) is 11.6. The van der Waals surface area contributed by atoms with Gasteiger partial charge in [-0.05, 0) is 18.6 Å². The number of rotatable bonds is 5. The van der Waals surface area contributed by atoms with Crippen LogP contribution >= 0.6 is 23.2 Å². The van der Waals surface area contributed by atoms with Crippen molar-refractivity contribution in [2.45, 2.75) is 24.3 Å². The lowest BCUT2D eigenvalue weighted by Crippen LogP contribution is -2.39. The standard InChI is InChI=1S/C10H14Cl2N2O2S/c1-2-7(6-13)14-17(15,16)10-8(11)4-3-5-9(10)12/h3-5,7,14H,2,6,13H2,1H3. The molecular weight excluding hydrogens is 283 g/mol. The maximum Gasteiger partial charge on any atom is 0.243 e. The van der Waals surface area contributed by atoms with Crippen LogP contribution in [0.4, 0.5) is 0 Å². The van der Waals surface area contributed by atoms with Crippen molar-refractivity contribution in [3.63, 3.8) is 0 Å². The molecule has 4 nitrogen and oxygen atoms in total. The van der Waals surface area contributed by atoms with Crippen molar-refractivity contribution < 1.29 is 8.42 Å². The molecule has 17 heavy (non-hydrogen) atoms. The fourth-order valence-electron chi connectivity index (χ4n) is 1.32. The zero-order chi connectivity index (χ0) is 13.1. The normalized spacial score (nSPS) is 13.6. The maximum atomic E-state index is 12.1. The highest BCUT2D eigenvalue weighted by molar-refractivity contribution is 7.89. The van der Waals surface area contributed by atoms with E-state index in [4.69, 9.17) is 28.9 Å². The van der Waals surface area contributed by atoms with Gasteiger partial charge in [0, 0.05) is 12.6 Å². The molecule has 7 heteroatoms. The van der Waals surface area contributed by atoms with Crippen molar-refractivity contribution in [1.29, 1.82) is 0 Å². The summed E-state index contributed by atoms with van der Waals surface area (Å²) in [5.74, 6) is 0. The van der Waals surface area contributed by atoms with E-state index in [-0.39, 0.29) is 27.5 Å². The van der Waals surface area contributed by atoms with Crippen LogP contribution in [0.3, 0.4) is 0 Å². The lowest BCUT2D eigenvalue weighted by Gasteiger charge is -2.16. The van der Waals surface area contributed by atoms with Crippen molar-refractivity contribution in [2.75, 3.05) is 6.54 Å². The molecule has 0 radical (unpaired) electrons. The van der Waals surface area contributed by atoms with Gasteiger partial charge >= 0.3 is 0 Å². The monoisotopic (exact) mass is 296 g/mol. The molecule has 1 rings (SSSR count). The average molecular weight is 297 g/mol. The topological polar surface area (TPSA) is 72.2 Å². The molecule has 0 spiro atoms. The Morgan fingerprint density at radius 1 is 1.35 bits per heavy atom. The third-order valence-corrected chi connectivity index (χ3v) is 4.76. The molecule has 1 unspecified atom stereocenters. The van der Waals surface area contributed by atoms with E-state index in [1.54, 1.807) is 6.07 Å². The summed E-state index contributed by atoms with van der Waals surface area (Å²) in [6.07, 6.45) is 0.595. The highest BCUT2D eigenvalue weighted by atomic mass is 35.5. The molecule has 3 N–H and O–H groups in total. The third-order valence-electron chi connectivity index (χ3n) is 2.29. The summed E-state index contributed by atoms with van der Waals surface area (Å²) in [6.45, 7) is 2.06. The van der Waals surface area contributed by atoms with E-state index in [2.05, 4.69) is 4.72 Å². The summed E-state index contributed by atoms with van der Waals surface area (Å²) in [5, 5.41) is 0.189. The summed E-state index contributed by atoms with van der Waals surface area (Å²) in [6, 6.07) is 4.22. The number of nitrogens with two attached hydrogens (primary N) is 1. The molecule has 0 fully saturated rings. The highest BCUT2D eigenvalue weighted by Crippen LogP contribution is 2.28. The molecule has 0 aliphatic rings. The van der Waals surface area contributed by atoms with E-state index in [1.807, 2.05) is 6.92 Å². The molecule has 0 aromatic heterocycles. The number of halogens is 2. The van der Waals surface area contributed by atoms with Gasteiger partial charge in [0.05, 0.1) is 10.0 Å². The van der Waals surface area contributed by atoms with Crippen LogP contribution in [0.25, 0.3) is 0 Å². The summed E-state index contributed by atoms with van der Waals surface area (Å²) in [4.78, 5) is -0.102. The van der Waals surface area contributed by atoms with Crippen LogP contribution in [0.15, 0.2) is 23.1 Å². The number of sulfonamides is 1. The molecule has 0 amide bonds. The molecule has 0 aliphatic carbocycles. The Bertz CT molecular complexity index is 467. The second-order valence-corrected chi connectivity index (χ2v) is 5.98. The Balaban J connectivity index is 3.14. The minimum Gasteiger partial charge on any atom is -0.329 e. The lowest BCUT2D eigenvalue weighted by atomic mass is 10.2. The van der Waals surface area contributed by atoms with Gasteiger partial charge in [0.1, 0.15) is 4.90 Å². The Hall–Kier alpha value is -0.330. The van der Waals surface area contributed by atoms with Crippen LogP contribution in [-0.2, 0) is 10.0 Å². The quantitative estimate of drug-likeness (QED) is 0.873. The molecular formula is C10H14Cl2N2O2S. The Morgan fingerprint density at radius 2 is 1.88 bits per heavy atom. The van der Waals surface area contributed by atoms with Gasteiger partial charge in [-0.15, -0.1) is 0 Å². The van der Waals surface area contributed by atoms with Crippen molar-refractivity contribution in [2.24, 2.45) is 5.73 Å². The van der Waals surface area contributed by atoms with E-state index in [0.29, 0.717) is 6.42 Å². The zero-order valence-electron chi connectivity index (χ0n) is 9.28. The smallest absolute Gasteiger partial charge is 0.243 e. The first-order valence-electron chi connectivity index (χ1n) is 5.08. The average Bonchev–Trinajstić information content (AvgIpc) is 2.25. The van der Waals surface area contributed by atoms with Gasteiger partial charge < -0.3 is 5.73 Å². The number of hydrogen-bond acceptors (Lipinski definition) is 3. The fraction of sp³-hybridized carbons (Fsp3) is 0.400. The van der Waals surface area contributed by atoms with Crippen LogP contribution in [0, 0.1) is 0 Å². The molecule has 0 bridgehead atoms. The van der Waals surface area contributed by atoms with Gasteiger partial charge in [0.15, 0.2) is 0 Å². The third kappa shape index (κ3) is 3.56. The van der Waals surface area contributed by atoms with E-state index >= 15 is 0 Å². The van der Waals surface area contributed by atoms with Crippen LogP contribution in [0.2, 0.25) is 10.0 Å². The van der Waals surface area contributed by atoms with Crippen LogP contribution < -0.4 is 10.5 Å². The molecule has 0 heterocycles. The first-order chi connectivity index (χ1) is 7.92. The fourth-order valence-corrected chi connectivity index (χ4v) is 3.79. The SMILES string of the molecule is CCC(CN)NS(=O)(=O)c1c(Cl)cccc1Cl. The number of nitrogens with one attached hydrogen (secondary N) is 1. The van der Waals surface area contributed by atoms with Gasteiger partial charge in [-0.1, -0.05) is 36.2 Å². The molecule has 96 valence electrons. The van der Waals surface area contributed by atoms with Crippen LogP contribution in [0.5, 0.6) is 0 Å². The van der Waals surface area contributed by atoms with Gasteiger partial charge in [0.2, 0.25) is 10.0 Å². The van der Waals surface area contributed by atoms with Gasteiger partial charge in [-0.2, -0.15) is 0 Å². The van der Waals surface area contributed by atoms with E-state index in [9.17, 15) is 8.42 Å². The van der Waals surface area contributed by atoms with Crippen molar-refractivity contribution in [1.82, 2.24) is 4.72 Å². The van der Waals surface area contributed by atoms with Crippen molar-refractivity contribution in [3.05, 3.63) is 28.2 Å². The molecule has 0 saturated heterocycles. The maximum absolute atomic E-state index is 12.1. The van der Waals surface area contributed by atoms with E-state index in [1.165, 1.54) is 12.1 Å². The van der Waals surface area contributed by atoms with E-state index < -0.39 is 10.0 Å². The molecule has 0 aliphatic heterocycles. The highest BCUT2D eigenvalue weighted by Gasteiger charge is 2.23. The first-order valence-corrected chi connectivity index (χ1v) is 7.32. The van der Waals surface area contributed by atoms with Crippen molar-refractivity contribution >= 4 is 33.2 Å². The van der Waals surface area contributed by atoms with Crippen LogP contribution in [-0.4, -0.2) is 21.0 Å². The van der Waals surface area contributed by atoms with Crippen molar-refractivity contribution in [3.8, 4) is 0 Å². The molecule has 1 aromatic rings. The summed E-state index contributed by atoms with van der Waals surface area (Å²) >= 11 is 11.7. The van der Waals surface area contributed by atoms with Crippen LogP contribution in [0.1, 0.15) is 13.3 Å². The lowest BCUT2D eigenvalue weighted by molar-refractivity contribution is 0.542. The minimum atomic E-state index is -3.74. The molecule has 0 saturated carbocycles. The predicted molar refractivity (Wildman–Crippen MR) is 69.9 cm³/mol. The minimum absolute atomic E-state index is 0.0943. The number of benzene rings is 1. The predicted octanol–water partition coefficient (Wildman–Crippen LogP) is 2.01. The second-order valence-electron chi connectivity index (χ2n) is 3.51. The van der Waals surface area contributed by atoms with Gasteiger partial charge in [-0.25, -0.2) is 13.1 Å². The Kier molecular flexibility index (Phi) is 5.22. The van der Waals surface area contributed by atoms with Gasteiger partial charge in [0.25, 0.3) is 0 Å². The van der Waals surface area contributed by atoms with Gasteiger partial charge in [-0.3, -0.25) is 0 Å². The summed E-state index contributed by atoms with van der Waals surface area (Å²) in [7, 11) is -3.74. The Labute approximate surface area is 111 Å². The number of hydrogen-bond donors (Lipinski definition) is 2. The Morgan fingerprint density at radius 3 is 2.29 bits per heavy atom. The summed E-state index contributed by atoms with van der Waals surface area (Å²) < 4.78 is 26.6. The first kappa shape index (κ1) is 14.7. The second kappa shape index (κ2) is 6.02. The van der Waals surface area contributed by atoms with E-state index in [0.717, 1.165) is 0 Å². The molecule has 1 atom stereocenters.